The lowest BCUT2D eigenvalue weighted by molar-refractivity contribution is 0.0716. The molecule has 0 saturated heterocycles. The highest BCUT2D eigenvalue weighted by atomic mass is 19.1. The predicted molar refractivity (Wildman–Crippen MR) is 91.7 cm³/mol. The van der Waals surface area contributed by atoms with Crippen LogP contribution in [0, 0.1) is 23.5 Å². The van der Waals surface area contributed by atoms with Crippen LogP contribution >= 0.6 is 0 Å². The van der Waals surface area contributed by atoms with Crippen molar-refractivity contribution in [3.8, 4) is 5.75 Å². The van der Waals surface area contributed by atoms with Crippen LogP contribution in [0.4, 0.5) is 8.78 Å². The molecule has 0 aromatic heterocycles. The zero-order chi connectivity index (χ0) is 18.3. The number of carbonyl (C=O) groups is 1. The van der Waals surface area contributed by atoms with Gasteiger partial charge in [-0.05, 0) is 51.6 Å². The van der Waals surface area contributed by atoms with E-state index in [-0.39, 0.29) is 11.8 Å². The number of halogens is 2. The number of benzene rings is 1. The van der Waals surface area contributed by atoms with Gasteiger partial charge >= 0.3 is 0 Å². The van der Waals surface area contributed by atoms with Crippen LogP contribution in [-0.2, 0) is 0 Å². The first-order valence-electron chi connectivity index (χ1n) is 8.78. The first kappa shape index (κ1) is 18.1. The molecule has 0 radical (unpaired) electrons. The van der Waals surface area contributed by atoms with E-state index in [1.807, 2.05) is 0 Å². The van der Waals surface area contributed by atoms with Gasteiger partial charge in [-0.3, -0.25) is 4.79 Å². The van der Waals surface area contributed by atoms with E-state index in [9.17, 15) is 13.6 Å². The van der Waals surface area contributed by atoms with Gasteiger partial charge in [-0.1, -0.05) is 0 Å². The third-order valence-electron chi connectivity index (χ3n) is 6.03. The average molecular weight is 352 g/mol. The van der Waals surface area contributed by atoms with Gasteiger partial charge < -0.3 is 14.5 Å². The van der Waals surface area contributed by atoms with Crippen LogP contribution in [0.1, 0.15) is 36.0 Å². The number of methoxy groups -OCH3 is 1. The van der Waals surface area contributed by atoms with Crippen molar-refractivity contribution in [2.24, 2.45) is 11.8 Å². The van der Waals surface area contributed by atoms with E-state index in [0.717, 1.165) is 37.8 Å². The topological polar surface area (TPSA) is 32.8 Å². The SMILES string of the molecule is COc1cc(F)c(C(=O)N(C)C2C[C@H]3CC(N(C)C)C[C@H]3C2)c(F)c1. The lowest BCUT2D eigenvalue weighted by Crippen LogP contribution is -2.37. The number of rotatable bonds is 4. The minimum Gasteiger partial charge on any atom is -0.497 e. The summed E-state index contributed by atoms with van der Waals surface area (Å²) in [6.45, 7) is 0. The van der Waals surface area contributed by atoms with E-state index in [1.54, 1.807) is 7.05 Å². The average Bonchev–Trinajstić information content (AvgIpc) is 3.11. The van der Waals surface area contributed by atoms with E-state index >= 15 is 0 Å². The van der Waals surface area contributed by atoms with Crippen LogP contribution < -0.4 is 4.74 Å². The fourth-order valence-electron chi connectivity index (χ4n) is 4.50. The molecule has 0 aliphatic heterocycles. The molecule has 0 heterocycles. The van der Waals surface area contributed by atoms with Crippen molar-refractivity contribution < 1.29 is 18.3 Å². The summed E-state index contributed by atoms with van der Waals surface area (Å²) >= 11 is 0. The molecule has 0 spiro atoms. The highest BCUT2D eigenvalue weighted by molar-refractivity contribution is 5.95. The highest BCUT2D eigenvalue weighted by Gasteiger charge is 2.44. The Morgan fingerprint density at radius 2 is 1.48 bits per heavy atom. The molecule has 1 aromatic rings. The zero-order valence-corrected chi connectivity index (χ0v) is 15.3. The Kier molecular flexibility index (Phi) is 5.00. The van der Waals surface area contributed by atoms with Gasteiger partial charge in [0, 0.05) is 31.3 Å². The van der Waals surface area contributed by atoms with Crippen molar-refractivity contribution in [3.05, 3.63) is 29.3 Å². The van der Waals surface area contributed by atoms with Gasteiger partial charge in [0.05, 0.1) is 7.11 Å². The molecular weight excluding hydrogens is 326 g/mol. The highest BCUT2D eigenvalue weighted by Crippen LogP contribution is 2.46. The fraction of sp³-hybridized carbons (Fsp3) is 0.632. The molecule has 4 nitrogen and oxygen atoms in total. The fourth-order valence-corrected chi connectivity index (χ4v) is 4.50. The summed E-state index contributed by atoms with van der Waals surface area (Å²) in [7, 11) is 7.20. The molecule has 4 atom stereocenters. The molecule has 0 N–H and O–H groups in total. The molecule has 2 aliphatic rings. The van der Waals surface area contributed by atoms with Gasteiger partial charge in [0.2, 0.25) is 0 Å². The van der Waals surface area contributed by atoms with Crippen LogP contribution in [-0.4, -0.2) is 56.0 Å². The Balaban J connectivity index is 1.71. The van der Waals surface area contributed by atoms with Crippen LogP contribution in [0.5, 0.6) is 5.75 Å². The maximum Gasteiger partial charge on any atom is 0.259 e. The molecule has 0 bridgehead atoms. The zero-order valence-electron chi connectivity index (χ0n) is 15.3. The summed E-state index contributed by atoms with van der Waals surface area (Å²) in [6.07, 6.45) is 4.11. The predicted octanol–water partition coefficient (Wildman–Crippen LogP) is 3.16. The number of nitrogens with zero attached hydrogens (tertiary/aromatic N) is 2. The van der Waals surface area contributed by atoms with E-state index in [2.05, 4.69) is 19.0 Å². The van der Waals surface area contributed by atoms with Crippen molar-refractivity contribution in [1.29, 1.82) is 0 Å². The Hall–Kier alpha value is -1.69. The van der Waals surface area contributed by atoms with Crippen LogP contribution in [0.15, 0.2) is 12.1 Å². The Morgan fingerprint density at radius 1 is 1.00 bits per heavy atom. The second-order valence-electron chi connectivity index (χ2n) is 7.62. The molecule has 2 saturated carbocycles. The Bertz CT molecular complexity index is 628. The third-order valence-corrected chi connectivity index (χ3v) is 6.03. The van der Waals surface area contributed by atoms with Gasteiger partial charge in [0.1, 0.15) is 22.9 Å². The van der Waals surface area contributed by atoms with Gasteiger partial charge in [0.15, 0.2) is 0 Å². The van der Waals surface area contributed by atoms with Crippen LogP contribution in [0.25, 0.3) is 0 Å². The molecule has 25 heavy (non-hydrogen) atoms. The van der Waals surface area contributed by atoms with E-state index < -0.39 is 23.1 Å². The van der Waals surface area contributed by atoms with Crippen molar-refractivity contribution in [1.82, 2.24) is 9.80 Å². The second-order valence-corrected chi connectivity index (χ2v) is 7.62. The van der Waals surface area contributed by atoms with E-state index in [1.165, 1.54) is 12.0 Å². The van der Waals surface area contributed by atoms with E-state index in [0.29, 0.717) is 17.9 Å². The lowest BCUT2D eigenvalue weighted by atomic mass is 10.0. The van der Waals surface area contributed by atoms with Gasteiger partial charge in [0.25, 0.3) is 5.91 Å². The Labute approximate surface area is 147 Å². The Morgan fingerprint density at radius 3 is 1.92 bits per heavy atom. The van der Waals surface area contributed by atoms with Crippen LogP contribution in [0.2, 0.25) is 0 Å². The maximum absolute atomic E-state index is 14.2. The molecule has 1 amide bonds. The number of hydrogen-bond donors (Lipinski definition) is 0. The third kappa shape index (κ3) is 3.36. The minimum atomic E-state index is -0.875. The van der Waals surface area contributed by atoms with Crippen molar-refractivity contribution in [3.63, 3.8) is 0 Å². The number of ether oxygens (including phenoxy) is 1. The largest absolute Gasteiger partial charge is 0.497 e. The minimum absolute atomic E-state index is 0.0477. The summed E-state index contributed by atoms with van der Waals surface area (Å²) in [4.78, 5) is 16.5. The smallest absolute Gasteiger partial charge is 0.259 e. The first-order valence-corrected chi connectivity index (χ1v) is 8.78. The van der Waals surface area contributed by atoms with Gasteiger partial charge in [-0.2, -0.15) is 0 Å². The molecule has 2 aliphatic carbocycles. The lowest BCUT2D eigenvalue weighted by Gasteiger charge is -2.27. The van der Waals surface area contributed by atoms with Gasteiger partial charge in [-0.15, -0.1) is 0 Å². The van der Waals surface area contributed by atoms with Crippen molar-refractivity contribution >= 4 is 5.91 Å². The number of fused-ring (bicyclic) bond motifs is 1. The van der Waals surface area contributed by atoms with Crippen molar-refractivity contribution in [2.75, 3.05) is 28.3 Å². The summed E-state index contributed by atoms with van der Waals surface area (Å²) in [5, 5.41) is 0. The first-order chi connectivity index (χ1) is 11.8. The number of carbonyl (C=O) groups excluding carboxylic acids is 1. The van der Waals surface area contributed by atoms with Crippen molar-refractivity contribution in [2.45, 2.75) is 37.8 Å². The molecular formula is C19H26F2N2O2. The molecule has 1 aromatic carbocycles. The summed E-state index contributed by atoms with van der Waals surface area (Å²) < 4.78 is 33.2. The quantitative estimate of drug-likeness (QED) is 0.834. The standard InChI is InChI=1S/C19H26F2N2O2/c1-22(2)13-5-11-7-14(8-12(11)6-13)23(3)19(24)18-16(20)9-15(25-4)10-17(18)21/h9-14H,5-8H2,1-4H3/t11-,12+,13?,14?. The second kappa shape index (κ2) is 6.90. The molecule has 2 fully saturated rings. The molecule has 138 valence electrons. The molecule has 3 rings (SSSR count). The van der Waals surface area contributed by atoms with Crippen LogP contribution in [0.3, 0.4) is 0 Å². The monoisotopic (exact) mass is 352 g/mol. The number of hydrogen-bond acceptors (Lipinski definition) is 3. The van der Waals surface area contributed by atoms with E-state index in [4.69, 9.17) is 4.74 Å². The van der Waals surface area contributed by atoms with Gasteiger partial charge in [-0.25, -0.2) is 8.78 Å². The number of amides is 1. The summed E-state index contributed by atoms with van der Waals surface area (Å²) in [5.74, 6) is -1.08. The maximum atomic E-state index is 14.2. The molecule has 6 heteroatoms. The summed E-state index contributed by atoms with van der Waals surface area (Å²) in [6, 6.07) is 2.75. The summed E-state index contributed by atoms with van der Waals surface area (Å²) in [5.41, 5.74) is -0.494. The normalized spacial score (nSPS) is 28.3. The molecule has 2 unspecified atom stereocenters.